The number of hydrogen-bond donors (Lipinski definition) is 1. The number of halogens is 1. The Labute approximate surface area is 189 Å². The highest BCUT2D eigenvalue weighted by Gasteiger charge is 2.17. The third-order valence-corrected chi connectivity index (χ3v) is 6.32. The highest BCUT2D eigenvalue weighted by atomic mass is 32.1. The second kappa shape index (κ2) is 10.0. The van der Waals surface area contributed by atoms with Gasteiger partial charge in [-0.1, -0.05) is 24.3 Å². The molecule has 8 heteroatoms. The molecule has 1 saturated heterocycles. The lowest BCUT2D eigenvalue weighted by molar-refractivity contribution is 0.0857. The SMILES string of the molecule is Cc1csc(=NC(=O)c2ccccc2F)n1Cc1cccc(C(=O)NCC2CCCO2)c1. The zero-order chi connectivity index (χ0) is 22.5. The molecule has 0 aliphatic carbocycles. The summed E-state index contributed by atoms with van der Waals surface area (Å²) in [6, 6.07) is 13.2. The molecule has 1 fully saturated rings. The molecular weight excluding hydrogens is 429 g/mol. The van der Waals surface area contributed by atoms with E-state index in [1.807, 2.05) is 35.1 Å². The quantitative estimate of drug-likeness (QED) is 0.619. The van der Waals surface area contributed by atoms with Crippen LogP contribution < -0.4 is 10.1 Å². The fraction of sp³-hybridized carbons (Fsp3) is 0.292. The Morgan fingerprint density at radius 3 is 2.88 bits per heavy atom. The molecule has 0 spiro atoms. The largest absolute Gasteiger partial charge is 0.376 e. The van der Waals surface area contributed by atoms with E-state index < -0.39 is 11.7 Å². The number of hydrogen-bond acceptors (Lipinski definition) is 4. The Morgan fingerprint density at radius 1 is 1.25 bits per heavy atom. The minimum absolute atomic E-state index is 0.0602. The molecule has 1 atom stereocenters. The molecule has 1 aromatic heterocycles. The number of nitrogens with zero attached hydrogens (tertiary/aromatic N) is 2. The Morgan fingerprint density at radius 2 is 2.09 bits per heavy atom. The van der Waals surface area contributed by atoms with Crippen LogP contribution in [0.25, 0.3) is 0 Å². The van der Waals surface area contributed by atoms with E-state index in [1.54, 1.807) is 12.1 Å². The van der Waals surface area contributed by atoms with E-state index in [2.05, 4.69) is 10.3 Å². The van der Waals surface area contributed by atoms with E-state index in [-0.39, 0.29) is 17.6 Å². The van der Waals surface area contributed by atoms with Crippen LogP contribution in [0.1, 0.15) is 44.8 Å². The van der Waals surface area contributed by atoms with E-state index >= 15 is 0 Å². The van der Waals surface area contributed by atoms with Crippen molar-refractivity contribution in [3.8, 4) is 0 Å². The highest BCUT2D eigenvalue weighted by molar-refractivity contribution is 7.07. The molecule has 0 bridgehead atoms. The average molecular weight is 454 g/mol. The van der Waals surface area contributed by atoms with Crippen LogP contribution in [0.2, 0.25) is 0 Å². The van der Waals surface area contributed by atoms with E-state index in [4.69, 9.17) is 4.74 Å². The molecule has 1 N–H and O–H groups in total. The monoisotopic (exact) mass is 453 g/mol. The number of nitrogens with one attached hydrogen (secondary N) is 1. The van der Waals surface area contributed by atoms with Crippen LogP contribution in [-0.4, -0.2) is 35.6 Å². The predicted octanol–water partition coefficient (Wildman–Crippen LogP) is 3.70. The van der Waals surface area contributed by atoms with Gasteiger partial charge in [0.05, 0.1) is 18.2 Å². The Balaban J connectivity index is 1.52. The van der Waals surface area contributed by atoms with Gasteiger partial charge in [0.1, 0.15) is 5.82 Å². The van der Waals surface area contributed by atoms with Crippen molar-refractivity contribution < 1.29 is 18.7 Å². The molecule has 2 amide bonds. The summed E-state index contributed by atoms with van der Waals surface area (Å²) in [5.41, 5.74) is 2.32. The zero-order valence-electron chi connectivity index (χ0n) is 17.7. The van der Waals surface area contributed by atoms with E-state index in [9.17, 15) is 14.0 Å². The summed E-state index contributed by atoms with van der Waals surface area (Å²) in [5, 5.41) is 4.83. The van der Waals surface area contributed by atoms with Crippen LogP contribution in [0.3, 0.4) is 0 Å². The number of ether oxygens (including phenoxy) is 1. The lowest BCUT2D eigenvalue weighted by atomic mass is 10.1. The second-order valence-electron chi connectivity index (χ2n) is 7.69. The fourth-order valence-corrected chi connectivity index (χ4v) is 4.46. The lowest BCUT2D eigenvalue weighted by Gasteiger charge is -2.12. The molecule has 2 heterocycles. The topological polar surface area (TPSA) is 72.7 Å². The van der Waals surface area contributed by atoms with Gasteiger partial charge < -0.3 is 14.6 Å². The summed E-state index contributed by atoms with van der Waals surface area (Å²) in [7, 11) is 0. The lowest BCUT2D eigenvalue weighted by Crippen LogP contribution is -2.31. The summed E-state index contributed by atoms with van der Waals surface area (Å²) in [5.74, 6) is -1.36. The van der Waals surface area contributed by atoms with E-state index in [0.29, 0.717) is 23.5 Å². The number of amides is 2. The van der Waals surface area contributed by atoms with Crippen LogP contribution in [-0.2, 0) is 11.3 Å². The van der Waals surface area contributed by atoms with Crippen molar-refractivity contribution in [1.82, 2.24) is 9.88 Å². The van der Waals surface area contributed by atoms with Crippen LogP contribution in [0.15, 0.2) is 58.9 Å². The third kappa shape index (κ3) is 5.20. The Hall–Kier alpha value is -3.10. The van der Waals surface area contributed by atoms with Crippen LogP contribution in [0, 0.1) is 12.7 Å². The zero-order valence-corrected chi connectivity index (χ0v) is 18.5. The maximum atomic E-state index is 13.9. The first-order chi connectivity index (χ1) is 15.5. The van der Waals surface area contributed by atoms with Crippen molar-refractivity contribution in [3.05, 3.63) is 86.9 Å². The smallest absolute Gasteiger partial charge is 0.282 e. The van der Waals surface area contributed by atoms with Gasteiger partial charge in [-0.05, 0) is 49.6 Å². The molecule has 4 rings (SSSR count). The molecule has 1 aliphatic rings. The van der Waals surface area contributed by atoms with Gasteiger partial charge in [0.25, 0.3) is 11.8 Å². The van der Waals surface area contributed by atoms with Gasteiger partial charge in [0.15, 0.2) is 4.80 Å². The van der Waals surface area contributed by atoms with Gasteiger partial charge in [0, 0.05) is 29.8 Å². The molecule has 166 valence electrons. The molecule has 0 radical (unpaired) electrons. The molecular formula is C24H24FN3O3S. The molecule has 2 aromatic carbocycles. The standard InChI is InChI=1S/C24H24FN3O3S/c1-16-15-32-24(27-23(30)20-9-2-3-10-21(20)25)28(16)14-17-6-4-7-18(12-17)22(29)26-13-19-8-5-11-31-19/h2-4,6-7,9-10,12,15,19H,5,8,11,13-14H2,1H3,(H,26,29). The van der Waals surface area contributed by atoms with Gasteiger partial charge in [0.2, 0.25) is 0 Å². The molecule has 6 nitrogen and oxygen atoms in total. The summed E-state index contributed by atoms with van der Waals surface area (Å²) < 4.78 is 21.4. The normalized spacial score (nSPS) is 16.3. The maximum Gasteiger partial charge on any atom is 0.282 e. The van der Waals surface area contributed by atoms with Gasteiger partial charge in [-0.15, -0.1) is 11.3 Å². The third-order valence-electron chi connectivity index (χ3n) is 5.34. The number of aryl methyl sites for hydroxylation is 1. The van der Waals surface area contributed by atoms with Crippen LogP contribution in [0.5, 0.6) is 0 Å². The number of rotatable bonds is 6. The molecule has 1 unspecified atom stereocenters. The summed E-state index contributed by atoms with van der Waals surface area (Å²) in [6.07, 6.45) is 2.08. The van der Waals surface area contributed by atoms with Crippen molar-refractivity contribution >= 4 is 23.2 Å². The number of thiazole rings is 1. The fourth-order valence-electron chi connectivity index (χ4n) is 3.58. The van der Waals surface area contributed by atoms with Crippen LogP contribution >= 0.6 is 11.3 Å². The van der Waals surface area contributed by atoms with Gasteiger partial charge >= 0.3 is 0 Å². The number of aromatic nitrogens is 1. The van der Waals surface area contributed by atoms with Crippen molar-refractivity contribution in [2.75, 3.05) is 13.2 Å². The summed E-state index contributed by atoms with van der Waals surface area (Å²) >= 11 is 1.32. The first-order valence-electron chi connectivity index (χ1n) is 10.5. The molecule has 32 heavy (non-hydrogen) atoms. The number of benzene rings is 2. The van der Waals surface area contributed by atoms with Gasteiger partial charge in [-0.3, -0.25) is 9.59 Å². The molecule has 3 aromatic rings. The number of carbonyl (C=O) groups is 2. The highest BCUT2D eigenvalue weighted by Crippen LogP contribution is 2.13. The first kappa shape index (κ1) is 22.1. The second-order valence-corrected chi connectivity index (χ2v) is 8.52. The Bertz CT molecular complexity index is 1190. The van der Waals surface area contributed by atoms with Crippen LogP contribution in [0.4, 0.5) is 4.39 Å². The number of carbonyl (C=O) groups excluding carboxylic acids is 2. The summed E-state index contributed by atoms with van der Waals surface area (Å²) in [6.45, 7) is 3.61. The molecule has 1 aliphatic heterocycles. The minimum Gasteiger partial charge on any atom is -0.376 e. The maximum absolute atomic E-state index is 13.9. The van der Waals surface area contributed by atoms with Gasteiger partial charge in [-0.25, -0.2) is 4.39 Å². The van der Waals surface area contributed by atoms with Crippen molar-refractivity contribution in [2.24, 2.45) is 4.99 Å². The summed E-state index contributed by atoms with van der Waals surface area (Å²) in [4.78, 5) is 29.7. The van der Waals surface area contributed by atoms with Crippen molar-refractivity contribution in [3.63, 3.8) is 0 Å². The van der Waals surface area contributed by atoms with Crippen molar-refractivity contribution in [1.29, 1.82) is 0 Å². The van der Waals surface area contributed by atoms with E-state index in [0.717, 1.165) is 30.7 Å². The molecule has 0 saturated carbocycles. The first-order valence-corrected chi connectivity index (χ1v) is 11.4. The average Bonchev–Trinajstić information content (AvgIpc) is 3.43. The van der Waals surface area contributed by atoms with Gasteiger partial charge in [-0.2, -0.15) is 4.99 Å². The van der Waals surface area contributed by atoms with E-state index in [1.165, 1.54) is 29.5 Å². The minimum atomic E-state index is -0.624. The Kier molecular flexibility index (Phi) is 6.92. The predicted molar refractivity (Wildman–Crippen MR) is 120 cm³/mol. The van der Waals surface area contributed by atoms with Crippen molar-refractivity contribution in [2.45, 2.75) is 32.4 Å².